The molecule has 1 atom stereocenters. The number of H-pyrrole nitrogens is 1. The van der Waals surface area contributed by atoms with Crippen LogP contribution in [-0.4, -0.2) is 40.7 Å². The Balaban J connectivity index is 2.52. The summed E-state index contributed by atoms with van der Waals surface area (Å²) in [5, 5.41) is 0. The number of aromatic amines is 1. The second-order valence-electron chi connectivity index (χ2n) is 6.10. The van der Waals surface area contributed by atoms with E-state index in [1.165, 1.54) is 25.1 Å². The molecule has 0 saturated heterocycles. The first-order valence-corrected chi connectivity index (χ1v) is 8.85. The van der Waals surface area contributed by atoms with E-state index in [2.05, 4.69) is 0 Å². The Morgan fingerprint density at radius 2 is 1.65 bits per heavy atom. The van der Waals surface area contributed by atoms with E-state index in [1.807, 2.05) is 4.98 Å². The Labute approximate surface area is 174 Å². The van der Waals surface area contributed by atoms with Gasteiger partial charge in [-0.15, -0.1) is 0 Å². The quantitative estimate of drug-likeness (QED) is 0.357. The van der Waals surface area contributed by atoms with Crippen LogP contribution in [0.5, 0.6) is 11.5 Å². The lowest BCUT2D eigenvalue weighted by Gasteiger charge is -2.21. The van der Waals surface area contributed by atoms with Crippen LogP contribution in [0.15, 0.2) is 34.0 Å². The van der Waals surface area contributed by atoms with Crippen molar-refractivity contribution in [3.05, 3.63) is 56.6 Å². The van der Waals surface area contributed by atoms with Gasteiger partial charge < -0.3 is 18.9 Å². The smallest absolute Gasteiger partial charge is 0.330 e. The second-order valence-corrected chi connectivity index (χ2v) is 6.10. The highest BCUT2D eigenvalue weighted by Crippen LogP contribution is 2.32. The molecule has 0 aliphatic rings. The minimum atomic E-state index is -1.32. The third-order valence-corrected chi connectivity index (χ3v) is 3.60. The molecule has 12 heteroatoms. The SMILES string of the molecule is CC(=O)OCCOC(c1ccc(OC(C)=O)c(OC(C)=O)c1)n1cc(F)c(=O)[nH]c1=O. The fraction of sp³-hybridized carbons (Fsp3) is 0.316. The molecule has 166 valence electrons. The molecule has 0 amide bonds. The third kappa shape index (κ3) is 6.60. The van der Waals surface area contributed by atoms with Crippen molar-refractivity contribution in [3.8, 4) is 11.5 Å². The number of esters is 3. The van der Waals surface area contributed by atoms with E-state index < -0.39 is 41.2 Å². The maximum absolute atomic E-state index is 13.8. The van der Waals surface area contributed by atoms with Gasteiger partial charge in [0, 0.05) is 26.3 Å². The van der Waals surface area contributed by atoms with Crippen LogP contribution in [-0.2, 0) is 23.9 Å². The van der Waals surface area contributed by atoms with Crippen LogP contribution in [0.25, 0.3) is 0 Å². The fourth-order valence-electron chi connectivity index (χ4n) is 2.47. The molecule has 2 aromatic rings. The monoisotopic (exact) mass is 438 g/mol. The number of carbonyl (C=O) groups excluding carboxylic acids is 3. The van der Waals surface area contributed by atoms with Crippen molar-refractivity contribution in [2.45, 2.75) is 27.0 Å². The summed E-state index contributed by atoms with van der Waals surface area (Å²) in [6.07, 6.45) is -0.682. The molecule has 2 rings (SSSR count). The summed E-state index contributed by atoms with van der Waals surface area (Å²) >= 11 is 0. The molecule has 0 spiro atoms. The fourth-order valence-corrected chi connectivity index (χ4v) is 2.47. The average molecular weight is 438 g/mol. The van der Waals surface area contributed by atoms with Crippen LogP contribution in [0.4, 0.5) is 4.39 Å². The predicted octanol–water partition coefficient (Wildman–Crippen LogP) is 0.653. The lowest BCUT2D eigenvalue weighted by Crippen LogP contribution is -2.35. The van der Waals surface area contributed by atoms with Crippen molar-refractivity contribution in [2.24, 2.45) is 0 Å². The summed E-state index contributed by atoms with van der Waals surface area (Å²) in [4.78, 5) is 59.0. The summed E-state index contributed by atoms with van der Waals surface area (Å²) < 4.78 is 34.9. The topological polar surface area (TPSA) is 143 Å². The number of hydrogen-bond acceptors (Lipinski definition) is 9. The number of halogens is 1. The Bertz CT molecular complexity index is 1110. The highest BCUT2D eigenvalue weighted by atomic mass is 19.1. The third-order valence-electron chi connectivity index (χ3n) is 3.60. The van der Waals surface area contributed by atoms with Crippen molar-refractivity contribution in [1.82, 2.24) is 9.55 Å². The maximum Gasteiger partial charge on any atom is 0.330 e. The standard InChI is InChI=1S/C19H19FN2O9/c1-10(23)28-6-7-29-18(22-9-14(20)17(26)21-19(22)27)13-4-5-15(30-11(2)24)16(8-13)31-12(3)25/h4-5,8-9,18H,6-7H2,1-3H3,(H,21,26,27). The molecule has 1 unspecified atom stereocenters. The lowest BCUT2D eigenvalue weighted by molar-refractivity contribution is -0.143. The molecule has 0 aliphatic heterocycles. The van der Waals surface area contributed by atoms with Crippen molar-refractivity contribution in [1.29, 1.82) is 0 Å². The van der Waals surface area contributed by atoms with E-state index >= 15 is 0 Å². The first kappa shape index (κ1) is 23.5. The number of nitrogens with one attached hydrogen (secondary N) is 1. The van der Waals surface area contributed by atoms with Crippen molar-refractivity contribution < 1.29 is 37.7 Å². The molecule has 0 aliphatic carbocycles. The summed E-state index contributed by atoms with van der Waals surface area (Å²) in [5.41, 5.74) is -2.03. The van der Waals surface area contributed by atoms with E-state index in [1.54, 1.807) is 0 Å². The number of hydrogen-bond donors (Lipinski definition) is 1. The largest absolute Gasteiger partial charge is 0.463 e. The van der Waals surface area contributed by atoms with E-state index in [0.29, 0.717) is 6.20 Å². The minimum absolute atomic E-state index is 0.0786. The van der Waals surface area contributed by atoms with Gasteiger partial charge >= 0.3 is 23.6 Å². The van der Waals surface area contributed by atoms with Crippen LogP contribution in [0, 0.1) is 5.82 Å². The molecular weight excluding hydrogens is 419 g/mol. The number of nitrogens with zero attached hydrogens (tertiary/aromatic N) is 1. The average Bonchev–Trinajstić information content (AvgIpc) is 2.66. The first-order chi connectivity index (χ1) is 14.6. The van der Waals surface area contributed by atoms with Crippen LogP contribution < -0.4 is 20.7 Å². The number of rotatable bonds is 8. The van der Waals surface area contributed by atoms with Gasteiger partial charge in [-0.25, -0.2) is 4.79 Å². The van der Waals surface area contributed by atoms with Gasteiger partial charge in [0.15, 0.2) is 17.7 Å². The summed E-state index contributed by atoms with van der Waals surface area (Å²) in [6.45, 7) is 3.09. The van der Waals surface area contributed by atoms with Crippen molar-refractivity contribution in [2.75, 3.05) is 13.2 Å². The van der Waals surface area contributed by atoms with Crippen molar-refractivity contribution >= 4 is 17.9 Å². The van der Waals surface area contributed by atoms with Gasteiger partial charge in [-0.2, -0.15) is 4.39 Å². The van der Waals surface area contributed by atoms with Gasteiger partial charge in [0.25, 0.3) is 5.56 Å². The van der Waals surface area contributed by atoms with Crippen LogP contribution in [0.3, 0.4) is 0 Å². The normalized spacial score (nSPS) is 11.5. The molecule has 0 saturated carbocycles. The molecule has 0 fully saturated rings. The Morgan fingerprint density at radius 3 is 2.26 bits per heavy atom. The summed E-state index contributed by atoms with van der Waals surface area (Å²) in [7, 11) is 0. The minimum Gasteiger partial charge on any atom is -0.463 e. The van der Waals surface area contributed by atoms with Crippen LogP contribution in [0.2, 0.25) is 0 Å². The predicted molar refractivity (Wildman–Crippen MR) is 101 cm³/mol. The molecule has 0 bridgehead atoms. The molecule has 1 N–H and O–H groups in total. The highest BCUT2D eigenvalue weighted by molar-refractivity contribution is 5.73. The van der Waals surface area contributed by atoms with Gasteiger partial charge in [-0.3, -0.25) is 28.7 Å². The lowest BCUT2D eigenvalue weighted by atomic mass is 10.1. The molecule has 1 aromatic heterocycles. The first-order valence-electron chi connectivity index (χ1n) is 8.85. The van der Waals surface area contributed by atoms with Gasteiger partial charge in [0.05, 0.1) is 12.8 Å². The van der Waals surface area contributed by atoms with E-state index in [0.717, 1.165) is 18.4 Å². The van der Waals surface area contributed by atoms with Gasteiger partial charge in [0.2, 0.25) is 5.82 Å². The molecule has 1 heterocycles. The summed E-state index contributed by atoms with van der Waals surface area (Å²) in [5.74, 6) is -3.43. The molecule has 31 heavy (non-hydrogen) atoms. The number of ether oxygens (including phenoxy) is 4. The Hall–Kier alpha value is -3.80. The number of carbonyl (C=O) groups is 3. The van der Waals surface area contributed by atoms with E-state index in [9.17, 15) is 28.4 Å². The van der Waals surface area contributed by atoms with Crippen LogP contribution >= 0.6 is 0 Å². The van der Waals surface area contributed by atoms with Gasteiger partial charge in [0.1, 0.15) is 6.61 Å². The number of benzene rings is 1. The zero-order chi connectivity index (χ0) is 23.1. The zero-order valence-corrected chi connectivity index (χ0v) is 16.8. The summed E-state index contributed by atoms with van der Waals surface area (Å²) in [6, 6.07) is 3.90. The number of aromatic nitrogens is 2. The zero-order valence-electron chi connectivity index (χ0n) is 16.8. The second kappa shape index (κ2) is 10.3. The Kier molecular flexibility index (Phi) is 7.80. The highest BCUT2D eigenvalue weighted by Gasteiger charge is 2.21. The molecule has 1 aromatic carbocycles. The Morgan fingerprint density at radius 1 is 1.00 bits per heavy atom. The van der Waals surface area contributed by atoms with E-state index in [4.69, 9.17) is 18.9 Å². The maximum atomic E-state index is 13.8. The van der Waals surface area contributed by atoms with E-state index in [-0.39, 0.29) is 30.3 Å². The molecule has 0 radical (unpaired) electrons. The van der Waals surface area contributed by atoms with Gasteiger partial charge in [-0.1, -0.05) is 6.07 Å². The molecule has 11 nitrogen and oxygen atoms in total. The molecular formula is C19H19FN2O9. The van der Waals surface area contributed by atoms with Gasteiger partial charge in [-0.05, 0) is 12.1 Å². The van der Waals surface area contributed by atoms with Crippen LogP contribution in [0.1, 0.15) is 32.6 Å². The van der Waals surface area contributed by atoms with Crippen molar-refractivity contribution in [3.63, 3.8) is 0 Å².